The Morgan fingerprint density at radius 3 is 2.62 bits per heavy atom. The number of rotatable bonds is 2. The van der Waals surface area contributed by atoms with E-state index in [9.17, 15) is 13.7 Å². The van der Waals surface area contributed by atoms with Gasteiger partial charge in [-0.25, -0.2) is 8.42 Å². The largest absolute Gasteiger partial charge is 0.365 e. The SMILES string of the molecule is N#Cc1ccccc1S(=O)(=O)N1CCN2c3ccccc3CC2C1. The van der Waals surface area contributed by atoms with Gasteiger partial charge in [-0.3, -0.25) is 0 Å². The van der Waals surface area contributed by atoms with E-state index < -0.39 is 10.0 Å². The van der Waals surface area contributed by atoms with E-state index in [4.69, 9.17) is 0 Å². The van der Waals surface area contributed by atoms with Gasteiger partial charge < -0.3 is 4.90 Å². The van der Waals surface area contributed by atoms with Gasteiger partial charge in [-0.05, 0) is 30.2 Å². The third-order valence-corrected chi connectivity index (χ3v) is 6.75. The lowest BCUT2D eigenvalue weighted by molar-refractivity contribution is 0.339. The Hall–Kier alpha value is -2.36. The molecule has 0 spiro atoms. The van der Waals surface area contributed by atoms with E-state index in [0.29, 0.717) is 19.6 Å². The first-order valence-corrected chi connectivity index (χ1v) is 9.39. The highest BCUT2D eigenvalue weighted by molar-refractivity contribution is 7.89. The van der Waals surface area contributed by atoms with E-state index in [-0.39, 0.29) is 16.5 Å². The lowest BCUT2D eigenvalue weighted by Crippen LogP contribution is -2.53. The van der Waals surface area contributed by atoms with Crippen molar-refractivity contribution in [2.45, 2.75) is 17.4 Å². The Morgan fingerprint density at radius 1 is 1.04 bits per heavy atom. The van der Waals surface area contributed by atoms with E-state index in [1.54, 1.807) is 18.2 Å². The number of nitriles is 1. The van der Waals surface area contributed by atoms with Crippen molar-refractivity contribution in [3.05, 3.63) is 59.7 Å². The van der Waals surface area contributed by atoms with Crippen LogP contribution in [-0.4, -0.2) is 38.4 Å². The highest BCUT2D eigenvalue weighted by Crippen LogP contribution is 2.35. The van der Waals surface area contributed by atoms with Crippen LogP contribution in [0, 0.1) is 11.3 Å². The summed E-state index contributed by atoms with van der Waals surface area (Å²) in [4.78, 5) is 2.41. The van der Waals surface area contributed by atoms with Gasteiger partial charge in [0, 0.05) is 31.4 Å². The first-order valence-electron chi connectivity index (χ1n) is 7.95. The minimum atomic E-state index is -3.65. The first-order chi connectivity index (χ1) is 11.6. The van der Waals surface area contributed by atoms with Crippen molar-refractivity contribution in [2.75, 3.05) is 24.5 Å². The summed E-state index contributed by atoms with van der Waals surface area (Å²) in [5.41, 5.74) is 2.70. The van der Waals surface area contributed by atoms with E-state index in [1.807, 2.05) is 18.2 Å². The van der Waals surface area contributed by atoms with Gasteiger partial charge in [-0.15, -0.1) is 0 Å². The van der Waals surface area contributed by atoms with Crippen molar-refractivity contribution in [1.29, 1.82) is 5.26 Å². The van der Waals surface area contributed by atoms with Crippen LogP contribution in [0.15, 0.2) is 53.4 Å². The van der Waals surface area contributed by atoms with Crippen LogP contribution in [0.25, 0.3) is 0 Å². The molecule has 5 nitrogen and oxygen atoms in total. The molecule has 1 unspecified atom stereocenters. The number of benzene rings is 2. The molecule has 2 aromatic rings. The molecule has 24 heavy (non-hydrogen) atoms. The van der Waals surface area contributed by atoms with E-state index in [1.165, 1.54) is 21.6 Å². The molecular weight excluding hydrogens is 322 g/mol. The second-order valence-electron chi connectivity index (χ2n) is 6.15. The van der Waals surface area contributed by atoms with Crippen LogP contribution in [0.1, 0.15) is 11.1 Å². The lowest BCUT2D eigenvalue weighted by atomic mass is 10.1. The minimum Gasteiger partial charge on any atom is -0.365 e. The molecule has 1 saturated heterocycles. The van der Waals surface area contributed by atoms with Crippen molar-refractivity contribution >= 4 is 15.7 Å². The molecule has 0 aromatic heterocycles. The van der Waals surface area contributed by atoms with E-state index >= 15 is 0 Å². The van der Waals surface area contributed by atoms with Gasteiger partial charge in [-0.1, -0.05) is 30.3 Å². The molecule has 0 saturated carbocycles. The Bertz CT molecular complexity index is 933. The number of hydrogen-bond donors (Lipinski definition) is 0. The fourth-order valence-corrected chi connectivity index (χ4v) is 5.29. The zero-order chi connectivity index (χ0) is 16.7. The second-order valence-corrected chi connectivity index (χ2v) is 8.06. The number of para-hydroxylation sites is 1. The van der Waals surface area contributed by atoms with Crippen molar-refractivity contribution in [3.8, 4) is 6.07 Å². The molecule has 6 heteroatoms. The zero-order valence-corrected chi connectivity index (χ0v) is 13.9. The summed E-state index contributed by atoms with van der Waals surface area (Å²) in [5.74, 6) is 0. The van der Waals surface area contributed by atoms with Crippen molar-refractivity contribution < 1.29 is 8.42 Å². The molecule has 1 fully saturated rings. The molecule has 2 aliphatic rings. The van der Waals surface area contributed by atoms with Crippen LogP contribution in [0.5, 0.6) is 0 Å². The number of nitrogens with zero attached hydrogens (tertiary/aromatic N) is 3. The molecular formula is C18H17N3O2S. The molecule has 1 atom stereocenters. The zero-order valence-electron chi connectivity index (χ0n) is 13.1. The molecule has 2 heterocycles. The standard InChI is InChI=1S/C18H17N3O2S/c19-12-15-6-2-4-8-18(15)24(22,23)20-9-10-21-16(13-20)11-14-5-1-3-7-17(14)21/h1-8,16H,9-11,13H2. The Balaban J connectivity index is 1.63. The average molecular weight is 339 g/mol. The van der Waals surface area contributed by atoms with Gasteiger partial charge in [0.2, 0.25) is 10.0 Å². The topological polar surface area (TPSA) is 64.4 Å². The molecule has 122 valence electrons. The third kappa shape index (κ3) is 2.29. The number of fused-ring (bicyclic) bond motifs is 3. The molecule has 2 aliphatic heterocycles. The van der Waals surface area contributed by atoms with Crippen LogP contribution in [0.3, 0.4) is 0 Å². The van der Waals surface area contributed by atoms with E-state index in [2.05, 4.69) is 17.0 Å². The van der Waals surface area contributed by atoms with Crippen LogP contribution < -0.4 is 4.90 Å². The Morgan fingerprint density at radius 2 is 1.79 bits per heavy atom. The predicted octanol–water partition coefficient (Wildman–Crippen LogP) is 1.99. The van der Waals surface area contributed by atoms with Crippen LogP contribution in [-0.2, 0) is 16.4 Å². The minimum absolute atomic E-state index is 0.108. The predicted molar refractivity (Wildman–Crippen MR) is 91.2 cm³/mol. The van der Waals surface area contributed by atoms with Gasteiger partial charge in [-0.2, -0.15) is 9.57 Å². The van der Waals surface area contributed by atoms with Gasteiger partial charge in [0.1, 0.15) is 6.07 Å². The van der Waals surface area contributed by atoms with E-state index in [0.717, 1.165) is 6.42 Å². The highest BCUT2D eigenvalue weighted by Gasteiger charge is 2.38. The molecule has 0 amide bonds. The van der Waals surface area contributed by atoms with Gasteiger partial charge >= 0.3 is 0 Å². The second kappa shape index (κ2) is 5.62. The maximum atomic E-state index is 13.0. The highest BCUT2D eigenvalue weighted by atomic mass is 32.2. The monoisotopic (exact) mass is 339 g/mol. The quantitative estimate of drug-likeness (QED) is 0.839. The van der Waals surface area contributed by atoms with Crippen molar-refractivity contribution in [3.63, 3.8) is 0 Å². The van der Waals surface area contributed by atoms with Crippen molar-refractivity contribution in [2.24, 2.45) is 0 Å². The van der Waals surface area contributed by atoms with Crippen molar-refractivity contribution in [1.82, 2.24) is 4.31 Å². The molecule has 0 aliphatic carbocycles. The van der Waals surface area contributed by atoms with Gasteiger partial charge in [0.15, 0.2) is 0 Å². The molecule has 2 aromatic carbocycles. The van der Waals surface area contributed by atoms with Crippen LogP contribution >= 0.6 is 0 Å². The van der Waals surface area contributed by atoms with Gasteiger partial charge in [0.25, 0.3) is 0 Å². The summed E-state index contributed by atoms with van der Waals surface area (Å²) >= 11 is 0. The summed E-state index contributed by atoms with van der Waals surface area (Å²) < 4.78 is 27.5. The maximum absolute atomic E-state index is 13.0. The fraction of sp³-hybridized carbons (Fsp3) is 0.278. The fourth-order valence-electron chi connectivity index (χ4n) is 3.68. The summed E-state index contributed by atoms with van der Waals surface area (Å²) in [6, 6.07) is 16.8. The molecule has 4 rings (SSSR count). The average Bonchev–Trinajstić information content (AvgIpc) is 2.99. The number of piperazine rings is 1. The van der Waals surface area contributed by atoms with Gasteiger partial charge in [0.05, 0.1) is 10.5 Å². The summed E-state index contributed by atoms with van der Waals surface area (Å²) in [6.07, 6.45) is 0.863. The number of hydrogen-bond acceptors (Lipinski definition) is 4. The van der Waals surface area contributed by atoms with Crippen LogP contribution in [0.4, 0.5) is 5.69 Å². The summed E-state index contributed by atoms with van der Waals surface area (Å²) in [7, 11) is -3.65. The lowest BCUT2D eigenvalue weighted by Gasteiger charge is -2.38. The number of anilines is 1. The Labute approximate surface area is 141 Å². The number of sulfonamides is 1. The Kier molecular flexibility index (Phi) is 3.56. The third-order valence-electron chi connectivity index (χ3n) is 4.83. The molecule has 0 bridgehead atoms. The van der Waals surface area contributed by atoms with Crippen LogP contribution in [0.2, 0.25) is 0 Å². The first kappa shape index (κ1) is 15.2. The summed E-state index contributed by atoms with van der Waals surface area (Å²) in [6.45, 7) is 1.57. The smallest absolute Gasteiger partial charge is 0.244 e. The normalized spacial score (nSPS) is 20.3. The maximum Gasteiger partial charge on any atom is 0.244 e. The molecule has 0 radical (unpaired) electrons. The summed E-state index contributed by atoms with van der Waals surface area (Å²) in [5, 5.41) is 9.21. The molecule has 0 N–H and O–H groups in total.